The molecule has 0 amide bonds. The Hall–Kier alpha value is -1.07. The van der Waals surface area contributed by atoms with Gasteiger partial charge in [0.15, 0.2) is 0 Å². The van der Waals surface area contributed by atoms with Crippen LogP contribution in [0.3, 0.4) is 0 Å². The van der Waals surface area contributed by atoms with E-state index in [0.717, 1.165) is 29.7 Å². The Balaban J connectivity index is 0.00000176. The maximum absolute atomic E-state index is 9.63. The number of aromatic hydroxyl groups is 1. The van der Waals surface area contributed by atoms with E-state index in [1.165, 1.54) is 5.56 Å². The average molecular weight is 384 g/mol. The van der Waals surface area contributed by atoms with Crippen LogP contribution >= 0.6 is 28.3 Å². The molecule has 3 N–H and O–H groups in total. The van der Waals surface area contributed by atoms with Gasteiger partial charge in [-0.05, 0) is 29.3 Å². The van der Waals surface area contributed by atoms with Gasteiger partial charge in [0.2, 0.25) is 0 Å². The fourth-order valence-electron chi connectivity index (χ4n) is 3.02. The zero-order valence-corrected chi connectivity index (χ0v) is 14.6. The molecule has 0 saturated carbocycles. The molecule has 3 rings (SSSR count). The predicted octanol–water partition coefficient (Wildman–Crippen LogP) is 3.50. The van der Waals surface area contributed by atoms with Gasteiger partial charge in [-0.15, -0.1) is 12.4 Å². The summed E-state index contributed by atoms with van der Waals surface area (Å²) in [4.78, 5) is 2.35. The topological polar surface area (TPSA) is 49.5 Å². The Morgan fingerprint density at radius 3 is 2.59 bits per heavy atom. The summed E-state index contributed by atoms with van der Waals surface area (Å²) in [7, 11) is 0. The smallest absolute Gasteiger partial charge is 0.115 e. The first kappa shape index (κ1) is 17.3. The van der Waals surface area contributed by atoms with Crippen LogP contribution in [0, 0.1) is 0 Å². The second kappa shape index (κ2) is 7.47. The van der Waals surface area contributed by atoms with Crippen molar-refractivity contribution in [2.24, 2.45) is 5.73 Å². The first-order chi connectivity index (χ1) is 10.1. The molecule has 3 nitrogen and oxygen atoms in total. The van der Waals surface area contributed by atoms with Gasteiger partial charge < -0.3 is 10.8 Å². The first-order valence-corrected chi connectivity index (χ1v) is 7.93. The van der Waals surface area contributed by atoms with Crippen LogP contribution in [0.15, 0.2) is 53.0 Å². The Kier molecular flexibility index (Phi) is 5.87. The summed E-state index contributed by atoms with van der Waals surface area (Å²) in [5.41, 5.74) is 8.72. The molecule has 2 aromatic rings. The maximum atomic E-state index is 9.63. The molecule has 5 heteroatoms. The number of halogens is 2. The summed E-state index contributed by atoms with van der Waals surface area (Å²) in [5, 5.41) is 9.63. The van der Waals surface area contributed by atoms with Crippen molar-refractivity contribution in [2.45, 2.75) is 18.5 Å². The Morgan fingerprint density at radius 2 is 1.86 bits per heavy atom. The molecule has 1 fully saturated rings. The lowest BCUT2D eigenvalue weighted by Crippen LogP contribution is -2.28. The van der Waals surface area contributed by atoms with Gasteiger partial charge >= 0.3 is 0 Å². The van der Waals surface area contributed by atoms with Crippen molar-refractivity contribution in [1.29, 1.82) is 0 Å². The zero-order valence-electron chi connectivity index (χ0n) is 12.2. The van der Waals surface area contributed by atoms with Crippen LogP contribution in [0.2, 0.25) is 0 Å². The van der Waals surface area contributed by atoms with Gasteiger partial charge in [-0.1, -0.05) is 46.3 Å². The molecular formula is C17H20BrClN2O. The van der Waals surface area contributed by atoms with Crippen molar-refractivity contribution in [2.75, 3.05) is 13.1 Å². The van der Waals surface area contributed by atoms with Crippen molar-refractivity contribution in [1.82, 2.24) is 4.90 Å². The Morgan fingerprint density at radius 1 is 1.14 bits per heavy atom. The molecular weight excluding hydrogens is 364 g/mol. The largest absolute Gasteiger partial charge is 0.508 e. The second-order valence-electron chi connectivity index (χ2n) is 5.65. The number of phenolic OH excluding ortho intramolecular Hbond substituents is 1. The monoisotopic (exact) mass is 382 g/mol. The van der Waals surface area contributed by atoms with E-state index < -0.39 is 0 Å². The minimum atomic E-state index is 0. The summed E-state index contributed by atoms with van der Waals surface area (Å²) in [6.07, 6.45) is 0. The summed E-state index contributed by atoms with van der Waals surface area (Å²) in [6, 6.07) is 16.0. The standard InChI is InChI=1S/C17H19BrN2O.ClH/c18-16-7-6-14(21)8-13(16)9-20-10-15(17(19)11-20)12-4-2-1-3-5-12;/h1-8,15,17,21H,9-11,19H2;1H/t15-,17+;/m0./s1. The van der Waals surface area contributed by atoms with Crippen LogP contribution in [0.1, 0.15) is 17.0 Å². The van der Waals surface area contributed by atoms with E-state index in [2.05, 4.69) is 45.1 Å². The summed E-state index contributed by atoms with van der Waals surface area (Å²) in [5.74, 6) is 0.679. The molecule has 0 bridgehead atoms. The molecule has 1 aliphatic heterocycles. The number of likely N-dealkylation sites (tertiary alicyclic amines) is 1. The van der Waals surface area contributed by atoms with Crippen molar-refractivity contribution in [3.63, 3.8) is 0 Å². The lowest BCUT2D eigenvalue weighted by atomic mass is 9.95. The molecule has 0 aliphatic carbocycles. The highest BCUT2D eigenvalue weighted by Crippen LogP contribution is 2.29. The molecule has 22 heavy (non-hydrogen) atoms. The third-order valence-corrected chi connectivity index (χ3v) is 4.87. The van der Waals surface area contributed by atoms with Crippen molar-refractivity contribution in [3.8, 4) is 5.75 Å². The SMILES string of the molecule is Cl.N[C@@H]1CN(Cc2cc(O)ccc2Br)C[C@H]1c1ccccc1. The predicted molar refractivity (Wildman–Crippen MR) is 95.5 cm³/mol. The van der Waals surface area contributed by atoms with Gasteiger partial charge in [-0.3, -0.25) is 4.90 Å². The fourth-order valence-corrected chi connectivity index (χ4v) is 3.39. The molecule has 2 aromatic carbocycles. The fraction of sp³-hybridized carbons (Fsp3) is 0.294. The maximum Gasteiger partial charge on any atom is 0.115 e. The number of nitrogens with zero attached hydrogens (tertiary/aromatic N) is 1. The summed E-state index contributed by atoms with van der Waals surface area (Å²) < 4.78 is 1.03. The normalized spacial score (nSPS) is 21.5. The van der Waals surface area contributed by atoms with Gasteiger partial charge in [0, 0.05) is 36.1 Å². The van der Waals surface area contributed by atoms with Gasteiger partial charge in [-0.25, -0.2) is 0 Å². The summed E-state index contributed by atoms with van der Waals surface area (Å²) >= 11 is 3.54. The quantitative estimate of drug-likeness (QED) is 0.853. The minimum Gasteiger partial charge on any atom is -0.508 e. The zero-order chi connectivity index (χ0) is 14.8. The van der Waals surface area contributed by atoms with Crippen molar-refractivity contribution >= 4 is 28.3 Å². The van der Waals surface area contributed by atoms with E-state index in [4.69, 9.17) is 5.73 Å². The van der Waals surface area contributed by atoms with Gasteiger partial charge in [0.1, 0.15) is 5.75 Å². The number of nitrogens with two attached hydrogens (primary N) is 1. The van der Waals surface area contributed by atoms with E-state index in [1.807, 2.05) is 18.2 Å². The van der Waals surface area contributed by atoms with Gasteiger partial charge in [0.05, 0.1) is 0 Å². The molecule has 2 atom stereocenters. The number of rotatable bonds is 3. The van der Waals surface area contributed by atoms with Crippen molar-refractivity contribution in [3.05, 3.63) is 64.1 Å². The van der Waals surface area contributed by atoms with E-state index in [9.17, 15) is 5.11 Å². The molecule has 0 unspecified atom stereocenters. The highest BCUT2D eigenvalue weighted by Gasteiger charge is 2.31. The minimum absolute atomic E-state index is 0. The molecule has 118 valence electrons. The molecule has 0 aromatic heterocycles. The lowest BCUT2D eigenvalue weighted by molar-refractivity contribution is 0.322. The number of benzene rings is 2. The molecule has 1 heterocycles. The van der Waals surface area contributed by atoms with Gasteiger partial charge in [0.25, 0.3) is 0 Å². The van der Waals surface area contributed by atoms with Crippen LogP contribution < -0.4 is 5.73 Å². The van der Waals surface area contributed by atoms with Crippen molar-refractivity contribution < 1.29 is 5.11 Å². The Bertz CT molecular complexity index is 623. The summed E-state index contributed by atoms with van der Waals surface area (Å²) in [6.45, 7) is 2.63. The van der Waals surface area contributed by atoms with E-state index >= 15 is 0 Å². The molecule has 0 spiro atoms. The molecule has 1 aliphatic rings. The van der Waals surface area contributed by atoms with Crippen LogP contribution in [-0.2, 0) is 6.54 Å². The van der Waals surface area contributed by atoms with E-state index in [1.54, 1.807) is 6.07 Å². The third-order valence-electron chi connectivity index (χ3n) is 4.09. The average Bonchev–Trinajstić information content (AvgIpc) is 2.84. The number of hydrogen-bond donors (Lipinski definition) is 2. The molecule has 0 radical (unpaired) electrons. The van der Waals surface area contributed by atoms with Crippen LogP contribution in [-0.4, -0.2) is 29.1 Å². The highest BCUT2D eigenvalue weighted by molar-refractivity contribution is 9.10. The first-order valence-electron chi connectivity index (χ1n) is 7.14. The van der Waals surface area contributed by atoms with E-state index in [-0.39, 0.29) is 18.4 Å². The van der Waals surface area contributed by atoms with Crippen LogP contribution in [0.4, 0.5) is 0 Å². The second-order valence-corrected chi connectivity index (χ2v) is 6.51. The van der Waals surface area contributed by atoms with E-state index in [0.29, 0.717) is 11.7 Å². The van der Waals surface area contributed by atoms with Crippen LogP contribution in [0.5, 0.6) is 5.75 Å². The molecule has 1 saturated heterocycles. The lowest BCUT2D eigenvalue weighted by Gasteiger charge is -2.17. The highest BCUT2D eigenvalue weighted by atomic mass is 79.9. The third kappa shape index (κ3) is 3.82. The number of phenols is 1. The Labute approximate surface area is 145 Å². The van der Waals surface area contributed by atoms with Crippen LogP contribution in [0.25, 0.3) is 0 Å². The van der Waals surface area contributed by atoms with Gasteiger partial charge in [-0.2, -0.15) is 0 Å². The number of hydrogen-bond acceptors (Lipinski definition) is 3.